The van der Waals surface area contributed by atoms with Crippen molar-refractivity contribution < 1.29 is 18.6 Å². The molecule has 0 saturated carbocycles. The lowest BCUT2D eigenvalue weighted by molar-refractivity contribution is -0.137. The van der Waals surface area contributed by atoms with Crippen LogP contribution in [0.2, 0.25) is 0 Å². The number of benzene rings is 1. The SMILES string of the molecule is CCOc1ccc(NCCC(OCC)OCC)cc1F. The summed E-state index contributed by atoms with van der Waals surface area (Å²) >= 11 is 0. The highest BCUT2D eigenvalue weighted by Crippen LogP contribution is 2.21. The average molecular weight is 285 g/mol. The molecule has 0 unspecified atom stereocenters. The van der Waals surface area contributed by atoms with E-state index in [0.29, 0.717) is 32.8 Å². The van der Waals surface area contributed by atoms with E-state index < -0.39 is 0 Å². The van der Waals surface area contributed by atoms with E-state index in [4.69, 9.17) is 14.2 Å². The van der Waals surface area contributed by atoms with Crippen LogP contribution in [0.5, 0.6) is 5.75 Å². The first-order valence-electron chi connectivity index (χ1n) is 7.10. The Balaban J connectivity index is 2.42. The second kappa shape index (κ2) is 9.55. The van der Waals surface area contributed by atoms with Gasteiger partial charge in [-0.2, -0.15) is 0 Å². The summed E-state index contributed by atoms with van der Waals surface area (Å²) < 4.78 is 29.7. The van der Waals surface area contributed by atoms with Crippen LogP contribution in [0.4, 0.5) is 10.1 Å². The quantitative estimate of drug-likeness (QED) is 0.669. The summed E-state index contributed by atoms with van der Waals surface area (Å²) in [4.78, 5) is 0. The maximum Gasteiger partial charge on any atom is 0.167 e. The van der Waals surface area contributed by atoms with Gasteiger partial charge in [-0.15, -0.1) is 0 Å². The summed E-state index contributed by atoms with van der Waals surface area (Å²) in [6.07, 6.45) is 0.487. The number of rotatable bonds is 10. The summed E-state index contributed by atoms with van der Waals surface area (Å²) in [6, 6.07) is 4.86. The maximum atomic E-state index is 13.7. The lowest BCUT2D eigenvalue weighted by Gasteiger charge is -2.17. The zero-order valence-electron chi connectivity index (χ0n) is 12.4. The van der Waals surface area contributed by atoms with Crippen molar-refractivity contribution in [1.82, 2.24) is 0 Å². The summed E-state index contributed by atoms with van der Waals surface area (Å²) in [5.74, 6) is -0.0809. The van der Waals surface area contributed by atoms with Crippen LogP contribution in [0.3, 0.4) is 0 Å². The van der Waals surface area contributed by atoms with Gasteiger partial charge in [-0.05, 0) is 32.9 Å². The molecule has 4 nitrogen and oxygen atoms in total. The lowest BCUT2D eigenvalue weighted by atomic mass is 10.2. The summed E-state index contributed by atoms with van der Waals surface area (Å²) in [5, 5.41) is 3.15. The van der Waals surface area contributed by atoms with Crippen molar-refractivity contribution in [3.8, 4) is 5.75 Å². The molecule has 0 atom stereocenters. The van der Waals surface area contributed by atoms with Crippen LogP contribution in [0.15, 0.2) is 18.2 Å². The minimum atomic E-state index is -0.358. The van der Waals surface area contributed by atoms with E-state index in [-0.39, 0.29) is 17.9 Å². The van der Waals surface area contributed by atoms with Crippen LogP contribution in [0.1, 0.15) is 27.2 Å². The zero-order valence-corrected chi connectivity index (χ0v) is 12.4. The number of hydrogen-bond donors (Lipinski definition) is 1. The van der Waals surface area contributed by atoms with Crippen LogP contribution in [-0.4, -0.2) is 32.7 Å². The molecule has 5 heteroatoms. The van der Waals surface area contributed by atoms with Crippen molar-refractivity contribution in [2.45, 2.75) is 33.5 Å². The van der Waals surface area contributed by atoms with Crippen LogP contribution >= 0.6 is 0 Å². The molecule has 0 radical (unpaired) electrons. The van der Waals surface area contributed by atoms with Gasteiger partial charge >= 0.3 is 0 Å². The first-order valence-corrected chi connectivity index (χ1v) is 7.10. The normalized spacial score (nSPS) is 10.8. The van der Waals surface area contributed by atoms with Gasteiger partial charge in [0.25, 0.3) is 0 Å². The van der Waals surface area contributed by atoms with Crippen molar-refractivity contribution in [3.63, 3.8) is 0 Å². The molecule has 20 heavy (non-hydrogen) atoms. The predicted octanol–water partition coefficient (Wildman–Crippen LogP) is 3.43. The standard InChI is InChI=1S/C15H24FNO3/c1-4-18-14-8-7-12(11-13(14)16)17-10-9-15(19-5-2)20-6-3/h7-8,11,15,17H,4-6,9-10H2,1-3H3. The number of anilines is 1. The third-order valence-electron chi connectivity index (χ3n) is 2.65. The predicted molar refractivity (Wildman–Crippen MR) is 77.7 cm³/mol. The molecule has 0 aliphatic carbocycles. The smallest absolute Gasteiger partial charge is 0.167 e. The molecule has 0 saturated heterocycles. The van der Waals surface area contributed by atoms with E-state index in [1.54, 1.807) is 12.1 Å². The molecule has 0 aliphatic rings. The Morgan fingerprint density at radius 2 is 1.80 bits per heavy atom. The van der Waals surface area contributed by atoms with Crippen molar-refractivity contribution in [3.05, 3.63) is 24.0 Å². The fourth-order valence-corrected chi connectivity index (χ4v) is 1.80. The first-order chi connectivity index (χ1) is 9.71. The van der Waals surface area contributed by atoms with Crippen LogP contribution in [0.25, 0.3) is 0 Å². The Kier molecular flexibility index (Phi) is 7.99. The second-order valence-electron chi connectivity index (χ2n) is 4.13. The molecule has 0 spiro atoms. The maximum absolute atomic E-state index is 13.7. The van der Waals surface area contributed by atoms with Crippen molar-refractivity contribution in [2.75, 3.05) is 31.7 Å². The molecule has 0 aliphatic heterocycles. The Bertz CT molecular complexity index is 381. The molecule has 1 rings (SSSR count). The number of nitrogens with one attached hydrogen (secondary N) is 1. The molecule has 0 amide bonds. The number of ether oxygens (including phenoxy) is 3. The van der Waals surface area contributed by atoms with Gasteiger partial charge in [0.2, 0.25) is 0 Å². The summed E-state index contributed by atoms with van der Waals surface area (Å²) in [6.45, 7) is 8.02. The van der Waals surface area contributed by atoms with Crippen LogP contribution in [0, 0.1) is 5.82 Å². The van der Waals surface area contributed by atoms with E-state index in [1.807, 2.05) is 20.8 Å². The third-order valence-corrected chi connectivity index (χ3v) is 2.65. The molecule has 0 heterocycles. The van der Waals surface area contributed by atoms with E-state index in [1.165, 1.54) is 6.07 Å². The van der Waals surface area contributed by atoms with E-state index in [2.05, 4.69) is 5.32 Å². The van der Waals surface area contributed by atoms with Gasteiger partial charge < -0.3 is 19.5 Å². The van der Waals surface area contributed by atoms with Crippen LogP contribution < -0.4 is 10.1 Å². The fraction of sp³-hybridized carbons (Fsp3) is 0.600. The molecule has 0 bridgehead atoms. The van der Waals surface area contributed by atoms with Crippen molar-refractivity contribution in [2.24, 2.45) is 0 Å². The lowest BCUT2D eigenvalue weighted by Crippen LogP contribution is -2.21. The van der Waals surface area contributed by atoms with Crippen molar-refractivity contribution >= 4 is 5.69 Å². The minimum Gasteiger partial charge on any atom is -0.491 e. The summed E-state index contributed by atoms with van der Waals surface area (Å²) in [7, 11) is 0. The first kappa shape index (κ1) is 16.7. The zero-order chi connectivity index (χ0) is 14.8. The molecular weight excluding hydrogens is 261 g/mol. The highest BCUT2D eigenvalue weighted by molar-refractivity contribution is 5.47. The topological polar surface area (TPSA) is 39.7 Å². The molecular formula is C15H24FNO3. The van der Waals surface area contributed by atoms with Gasteiger partial charge in [-0.1, -0.05) is 0 Å². The highest BCUT2D eigenvalue weighted by atomic mass is 19.1. The van der Waals surface area contributed by atoms with Gasteiger partial charge in [-0.25, -0.2) is 4.39 Å². The molecule has 114 valence electrons. The Labute approximate surface area is 120 Å². The van der Waals surface area contributed by atoms with Gasteiger partial charge in [0.1, 0.15) is 0 Å². The minimum absolute atomic E-state index is 0.218. The van der Waals surface area contributed by atoms with E-state index >= 15 is 0 Å². The van der Waals surface area contributed by atoms with Gasteiger partial charge in [0.05, 0.1) is 6.61 Å². The Morgan fingerprint density at radius 3 is 2.35 bits per heavy atom. The molecule has 0 aromatic heterocycles. The van der Waals surface area contributed by atoms with Gasteiger partial charge in [0, 0.05) is 37.9 Å². The van der Waals surface area contributed by atoms with E-state index in [9.17, 15) is 4.39 Å². The Hall–Kier alpha value is -1.33. The number of hydrogen-bond acceptors (Lipinski definition) is 4. The fourth-order valence-electron chi connectivity index (χ4n) is 1.80. The summed E-state index contributed by atoms with van der Waals surface area (Å²) in [5.41, 5.74) is 0.720. The van der Waals surface area contributed by atoms with E-state index in [0.717, 1.165) is 5.69 Å². The Morgan fingerprint density at radius 1 is 1.10 bits per heavy atom. The van der Waals surface area contributed by atoms with Gasteiger partial charge in [0.15, 0.2) is 17.9 Å². The molecule has 1 N–H and O–H groups in total. The molecule has 1 aromatic carbocycles. The molecule has 1 aromatic rings. The second-order valence-corrected chi connectivity index (χ2v) is 4.13. The average Bonchev–Trinajstić information content (AvgIpc) is 2.42. The number of halogens is 1. The van der Waals surface area contributed by atoms with Gasteiger partial charge in [-0.3, -0.25) is 0 Å². The van der Waals surface area contributed by atoms with Crippen molar-refractivity contribution in [1.29, 1.82) is 0 Å². The largest absolute Gasteiger partial charge is 0.491 e. The third kappa shape index (κ3) is 5.75. The van der Waals surface area contributed by atoms with Crippen LogP contribution in [-0.2, 0) is 9.47 Å². The monoisotopic (exact) mass is 285 g/mol. The molecule has 0 fully saturated rings. The highest BCUT2D eigenvalue weighted by Gasteiger charge is 2.08.